The van der Waals surface area contributed by atoms with Crippen LogP contribution in [0.1, 0.15) is 25.3 Å². The summed E-state index contributed by atoms with van der Waals surface area (Å²) in [6.45, 7) is 7.14. The fraction of sp³-hybridized carbons (Fsp3) is 0.632. The van der Waals surface area contributed by atoms with Crippen LogP contribution >= 0.6 is 0 Å². The van der Waals surface area contributed by atoms with Gasteiger partial charge in [0.2, 0.25) is 0 Å². The van der Waals surface area contributed by atoms with Crippen LogP contribution in [0.15, 0.2) is 23.2 Å². The molecule has 2 heterocycles. The molecule has 0 saturated carbocycles. The van der Waals surface area contributed by atoms with Gasteiger partial charge in [0.05, 0.1) is 20.3 Å². The number of nitrogens with one attached hydrogen (secondary N) is 1. The number of nitrogens with zero attached hydrogens (tertiary/aromatic N) is 2. The smallest absolute Gasteiger partial charge is 0.193 e. The Morgan fingerprint density at radius 1 is 1.36 bits per heavy atom. The van der Waals surface area contributed by atoms with E-state index in [-0.39, 0.29) is 0 Å². The molecule has 25 heavy (non-hydrogen) atoms. The third kappa shape index (κ3) is 4.00. The van der Waals surface area contributed by atoms with Gasteiger partial charge in [-0.05, 0) is 37.5 Å². The highest BCUT2D eigenvalue weighted by Gasteiger charge is 2.42. The molecule has 2 fully saturated rings. The highest BCUT2D eigenvalue weighted by Crippen LogP contribution is 2.38. The third-order valence-corrected chi connectivity index (χ3v) is 5.11. The summed E-state index contributed by atoms with van der Waals surface area (Å²) >= 11 is 0. The summed E-state index contributed by atoms with van der Waals surface area (Å²) in [5.41, 5.74) is 1.48. The maximum absolute atomic E-state index is 5.66. The van der Waals surface area contributed by atoms with Gasteiger partial charge in [0.1, 0.15) is 0 Å². The van der Waals surface area contributed by atoms with Crippen molar-refractivity contribution < 1.29 is 14.2 Å². The topological polar surface area (TPSA) is 55.3 Å². The normalized spacial score (nSPS) is 23.3. The minimum Gasteiger partial charge on any atom is -0.493 e. The van der Waals surface area contributed by atoms with Crippen LogP contribution in [-0.2, 0) is 11.3 Å². The van der Waals surface area contributed by atoms with Crippen LogP contribution in [0.4, 0.5) is 0 Å². The number of ether oxygens (including phenoxy) is 3. The number of hydrogen-bond acceptors (Lipinski definition) is 4. The van der Waals surface area contributed by atoms with Crippen LogP contribution < -0.4 is 14.8 Å². The Labute approximate surface area is 150 Å². The zero-order valence-electron chi connectivity index (χ0n) is 15.5. The first-order chi connectivity index (χ1) is 12.2. The molecule has 1 N–H and O–H groups in total. The Morgan fingerprint density at radius 3 is 2.92 bits per heavy atom. The van der Waals surface area contributed by atoms with Crippen molar-refractivity contribution in [2.75, 3.05) is 47.1 Å². The van der Waals surface area contributed by atoms with E-state index in [1.807, 2.05) is 26.1 Å². The average Bonchev–Trinajstić information content (AvgIpc) is 3.26. The minimum absolute atomic E-state index is 0.333. The van der Waals surface area contributed by atoms with Gasteiger partial charge in [-0.2, -0.15) is 0 Å². The molecule has 0 aliphatic carbocycles. The largest absolute Gasteiger partial charge is 0.493 e. The molecule has 1 aromatic rings. The van der Waals surface area contributed by atoms with Crippen molar-refractivity contribution in [1.82, 2.24) is 10.2 Å². The molecule has 1 unspecified atom stereocenters. The molecule has 2 aliphatic heterocycles. The molecule has 0 radical (unpaired) electrons. The first-order valence-electron chi connectivity index (χ1n) is 9.03. The lowest BCUT2D eigenvalue weighted by molar-refractivity contribution is 0.156. The van der Waals surface area contributed by atoms with Gasteiger partial charge in [0, 0.05) is 38.7 Å². The van der Waals surface area contributed by atoms with E-state index in [1.54, 1.807) is 7.11 Å². The van der Waals surface area contributed by atoms with Crippen LogP contribution in [0.3, 0.4) is 0 Å². The fourth-order valence-electron chi connectivity index (χ4n) is 3.70. The lowest BCUT2D eigenvalue weighted by atomic mass is 9.87. The van der Waals surface area contributed by atoms with Crippen molar-refractivity contribution in [3.05, 3.63) is 23.8 Å². The van der Waals surface area contributed by atoms with E-state index in [9.17, 15) is 0 Å². The predicted molar refractivity (Wildman–Crippen MR) is 98.4 cm³/mol. The molecule has 6 heteroatoms. The molecular formula is C19H29N3O3. The van der Waals surface area contributed by atoms with E-state index in [2.05, 4.69) is 21.3 Å². The van der Waals surface area contributed by atoms with E-state index >= 15 is 0 Å². The highest BCUT2D eigenvalue weighted by molar-refractivity contribution is 5.80. The quantitative estimate of drug-likeness (QED) is 0.654. The first kappa shape index (κ1) is 17.9. The van der Waals surface area contributed by atoms with Crippen molar-refractivity contribution in [3.63, 3.8) is 0 Å². The Hall–Kier alpha value is -1.95. The minimum atomic E-state index is 0.333. The Bertz CT molecular complexity index is 612. The molecule has 1 aromatic carbocycles. The zero-order chi connectivity index (χ0) is 17.7. The number of rotatable bonds is 5. The predicted octanol–water partition coefficient (Wildman–Crippen LogP) is 2.28. The van der Waals surface area contributed by atoms with Gasteiger partial charge in [-0.15, -0.1) is 0 Å². The van der Waals surface area contributed by atoms with E-state index in [1.165, 1.54) is 6.42 Å². The lowest BCUT2D eigenvalue weighted by Crippen LogP contribution is -2.41. The summed E-state index contributed by atoms with van der Waals surface area (Å²) < 4.78 is 16.6. The van der Waals surface area contributed by atoms with Gasteiger partial charge in [0.25, 0.3) is 0 Å². The van der Waals surface area contributed by atoms with E-state index < -0.39 is 0 Å². The second-order valence-electron chi connectivity index (χ2n) is 6.79. The highest BCUT2D eigenvalue weighted by atomic mass is 16.5. The molecule has 0 amide bonds. The standard InChI is InChI=1S/C19H29N3O3/c1-4-25-17-11-15(5-6-16(17)23-3)12-21-18(20-2)22-9-7-19(13-22)8-10-24-14-19/h5-6,11H,4,7-10,12-14H2,1-3H3,(H,20,21). The average molecular weight is 347 g/mol. The van der Waals surface area contributed by atoms with Crippen LogP contribution in [0, 0.1) is 5.41 Å². The number of aliphatic imine (C=N–C) groups is 1. The molecule has 1 atom stereocenters. The molecule has 2 aliphatic rings. The molecule has 1 spiro atoms. The maximum atomic E-state index is 5.66. The fourth-order valence-corrected chi connectivity index (χ4v) is 3.70. The Morgan fingerprint density at radius 2 is 2.24 bits per heavy atom. The molecule has 2 saturated heterocycles. The Balaban J connectivity index is 1.61. The number of likely N-dealkylation sites (tertiary alicyclic amines) is 1. The molecule has 3 rings (SSSR count). The van der Waals surface area contributed by atoms with E-state index in [0.29, 0.717) is 18.6 Å². The molecule has 6 nitrogen and oxygen atoms in total. The molecule has 138 valence electrons. The number of benzene rings is 1. The Kier molecular flexibility index (Phi) is 5.68. The van der Waals surface area contributed by atoms with E-state index in [0.717, 1.165) is 55.7 Å². The monoisotopic (exact) mass is 347 g/mol. The summed E-state index contributed by atoms with van der Waals surface area (Å²) in [4.78, 5) is 6.82. The van der Waals surface area contributed by atoms with Crippen LogP contribution in [0.5, 0.6) is 11.5 Å². The SMILES string of the molecule is CCOc1cc(CNC(=NC)N2CCC3(CCOC3)C2)ccc1OC. The maximum Gasteiger partial charge on any atom is 0.193 e. The number of guanidine groups is 1. The number of methoxy groups -OCH3 is 1. The van der Waals surface area contributed by atoms with Gasteiger partial charge in [-0.25, -0.2) is 0 Å². The summed E-state index contributed by atoms with van der Waals surface area (Å²) in [5, 5.41) is 3.48. The van der Waals surface area contributed by atoms with Gasteiger partial charge in [-0.3, -0.25) is 4.99 Å². The number of hydrogen-bond donors (Lipinski definition) is 1. The summed E-state index contributed by atoms with van der Waals surface area (Å²) in [6, 6.07) is 6.03. The van der Waals surface area contributed by atoms with Crippen molar-refractivity contribution in [2.45, 2.75) is 26.3 Å². The van der Waals surface area contributed by atoms with Gasteiger partial charge >= 0.3 is 0 Å². The second kappa shape index (κ2) is 7.95. The van der Waals surface area contributed by atoms with Crippen molar-refractivity contribution in [3.8, 4) is 11.5 Å². The third-order valence-electron chi connectivity index (χ3n) is 5.11. The molecule has 0 bridgehead atoms. The second-order valence-corrected chi connectivity index (χ2v) is 6.79. The summed E-state index contributed by atoms with van der Waals surface area (Å²) in [7, 11) is 3.51. The van der Waals surface area contributed by atoms with Crippen molar-refractivity contribution in [1.29, 1.82) is 0 Å². The summed E-state index contributed by atoms with van der Waals surface area (Å²) in [5.74, 6) is 2.50. The van der Waals surface area contributed by atoms with Crippen molar-refractivity contribution in [2.24, 2.45) is 10.4 Å². The van der Waals surface area contributed by atoms with Crippen LogP contribution in [-0.4, -0.2) is 57.9 Å². The zero-order valence-corrected chi connectivity index (χ0v) is 15.5. The van der Waals surface area contributed by atoms with E-state index in [4.69, 9.17) is 14.2 Å². The molecular weight excluding hydrogens is 318 g/mol. The lowest BCUT2D eigenvalue weighted by Gasteiger charge is -2.25. The van der Waals surface area contributed by atoms with Gasteiger partial charge in [-0.1, -0.05) is 6.07 Å². The van der Waals surface area contributed by atoms with Gasteiger partial charge < -0.3 is 24.4 Å². The summed E-state index contributed by atoms with van der Waals surface area (Å²) in [6.07, 6.45) is 2.35. The van der Waals surface area contributed by atoms with Crippen LogP contribution in [0.2, 0.25) is 0 Å². The van der Waals surface area contributed by atoms with Crippen LogP contribution in [0.25, 0.3) is 0 Å². The van der Waals surface area contributed by atoms with Crippen molar-refractivity contribution >= 4 is 5.96 Å². The molecule has 0 aromatic heterocycles. The van der Waals surface area contributed by atoms with Gasteiger partial charge in [0.15, 0.2) is 17.5 Å². The first-order valence-corrected chi connectivity index (χ1v) is 9.03.